The zero-order valence-corrected chi connectivity index (χ0v) is 20.4. The Labute approximate surface area is 206 Å². The second-order valence-corrected chi connectivity index (χ2v) is 11.1. The fourth-order valence-corrected chi connectivity index (χ4v) is 7.81. The minimum atomic E-state index is -2.51. The molecule has 1 N–H and O–H groups in total. The molecule has 0 unspecified atom stereocenters. The van der Waals surface area contributed by atoms with Gasteiger partial charge in [-0.25, -0.2) is 4.79 Å². The second kappa shape index (κ2) is 11.4. The summed E-state index contributed by atoms with van der Waals surface area (Å²) in [5.74, 6) is 0.993. The van der Waals surface area contributed by atoms with Gasteiger partial charge < -0.3 is 10.1 Å². The molecule has 0 spiro atoms. The largest absolute Gasteiger partial charge is 0.461 e. The van der Waals surface area contributed by atoms with Gasteiger partial charge >= 0.3 is 5.97 Å². The smallest absolute Gasteiger partial charge is 0.358 e. The van der Waals surface area contributed by atoms with Crippen LogP contribution in [0.4, 0.5) is 0 Å². The van der Waals surface area contributed by atoms with Crippen LogP contribution in [0.5, 0.6) is 0 Å². The molecule has 0 heterocycles. The first kappa shape index (κ1) is 24.1. The average Bonchev–Trinajstić information content (AvgIpc) is 2.93. The molecule has 4 aromatic carbocycles. The van der Waals surface area contributed by atoms with Gasteiger partial charge in [-0.2, -0.15) is 0 Å². The van der Waals surface area contributed by atoms with E-state index in [2.05, 4.69) is 41.7 Å². The third-order valence-corrected chi connectivity index (χ3v) is 9.58. The number of hydrogen-bond donors (Lipinski definition) is 1. The summed E-state index contributed by atoms with van der Waals surface area (Å²) >= 11 is 0. The monoisotopic (exact) mass is 480 g/mol. The summed E-state index contributed by atoms with van der Waals surface area (Å²) in [7, 11) is -2.51. The van der Waals surface area contributed by atoms with Crippen molar-refractivity contribution in [3.05, 3.63) is 138 Å². The van der Waals surface area contributed by atoms with Gasteiger partial charge in [0.05, 0.1) is 6.61 Å². The van der Waals surface area contributed by atoms with Gasteiger partial charge in [0.15, 0.2) is 5.70 Å². The van der Waals surface area contributed by atoms with Crippen molar-refractivity contribution >= 4 is 35.1 Å². The zero-order valence-electron chi connectivity index (χ0n) is 19.5. The van der Waals surface area contributed by atoms with Crippen LogP contribution >= 0.6 is 7.26 Å². The van der Waals surface area contributed by atoms with Gasteiger partial charge in [-0.1, -0.05) is 72.8 Å². The predicted molar refractivity (Wildman–Crippen MR) is 144 cm³/mol. The summed E-state index contributed by atoms with van der Waals surface area (Å²) in [6.45, 7) is 1.95. The summed E-state index contributed by atoms with van der Waals surface area (Å²) in [5.41, 5.74) is 0.594. The Hall–Kier alpha value is -4.01. The van der Waals surface area contributed by atoms with Crippen molar-refractivity contribution in [2.75, 3.05) is 6.61 Å². The minimum absolute atomic E-state index is 0.130. The Bertz CT molecular complexity index is 1190. The lowest BCUT2D eigenvalue weighted by atomic mass is 10.2. The highest BCUT2D eigenvalue weighted by Crippen LogP contribution is 2.57. The zero-order chi connectivity index (χ0) is 24.5. The summed E-state index contributed by atoms with van der Waals surface area (Å²) < 4.78 is 5.39. The molecule has 4 nitrogen and oxygen atoms in total. The van der Waals surface area contributed by atoms with Gasteiger partial charge in [0.2, 0.25) is 0 Å². The highest BCUT2D eigenvalue weighted by atomic mass is 31.2. The number of rotatable bonds is 8. The lowest BCUT2D eigenvalue weighted by Crippen LogP contribution is -2.34. The highest BCUT2D eigenvalue weighted by molar-refractivity contribution is 7.98. The molecular formula is C30H27NO3P+. The van der Waals surface area contributed by atoms with E-state index in [1.54, 1.807) is 31.2 Å². The Kier molecular flexibility index (Phi) is 7.87. The third-order valence-electron chi connectivity index (χ3n) is 5.59. The highest BCUT2D eigenvalue weighted by Gasteiger charge is 2.45. The van der Waals surface area contributed by atoms with Gasteiger partial charge in [0, 0.05) is 5.56 Å². The van der Waals surface area contributed by atoms with Gasteiger partial charge in [-0.3, -0.25) is 4.79 Å². The Morgan fingerprint density at radius 3 is 1.49 bits per heavy atom. The molecular weight excluding hydrogens is 453 g/mol. The molecule has 0 aliphatic carbocycles. The van der Waals surface area contributed by atoms with Crippen LogP contribution in [0.25, 0.3) is 0 Å². The number of ether oxygens (including phenoxy) is 1. The number of esters is 1. The molecule has 0 aliphatic rings. The predicted octanol–water partition coefficient (Wildman–Crippen LogP) is 4.82. The molecule has 4 aromatic rings. The van der Waals surface area contributed by atoms with E-state index in [4.69, 9.17) is 4.74 Å². The Morgan fingerprint density at radius 2 is 1.09 bits per heavy atom. The normalized spacial score (nSPS) is 11.5. The van der Waals surface area contributed by atoms with Gasteiger partial charge in [0.25, 0.3) is 5.91 Å². The van der Waals surface area contributed by atoms with E-state index in [1.165, 1.54) is 0 Å². The maximum atomic E-state index is 13.2. The van der Waals surface area contributed by atoms with Crippen LogP contribution in [-0.2, 0) is 9.53 Å². The van der Waals surface area contributed by atoms with Crippen molar-refractivity contribution < 1.29 is 14.3 Å². The van der Waals surface area contributed by atoms with E-state index in [1.807, 2.05) is 66.5 Å². The topological polar surface area (TPSA) is 55.4 Å². The first-order chi connectivity index (χ1) is 17.1. The van der Waals surface area contributed by atoms with Crippen molar-refractivity contribution in [3.63, 3.8) is 0 Å². The molecule has 5 heteroatoms. The summed E-state index contributed by atoms with van der Waals surface area (Å²) in [5, 5.41) is 6.05. The van der Waals surface area contributed by atoms with Crippen molar-refractivity contribution in [3.8, 4) is 0 Å². The molecule has 4 rings (SSSR count). The first-order valence-electron chi connectivity index (χ1n) is 11.5. The SMILES string of the molecule is CCOC(=O)/C(=C\[P+](c1ccccc1)(c1ccccc1)c1ccccc1)NC(=O)c1ccccc1. The van der Waals surface area contributed by atoms with Crippen LogP contribution in [0, 0.1) is 0 Å². The molecule has 174 valence electrons. The van der Waals surface area contributed by atoms with E-state index >= 15 is 0 Å². The van der Waals surface area contributed by atoms with Crippen LogP contribution in [0.15, 0.2) is 133 Å². The van der Waals surface area contributed by atoms with Gasteiger partial charge in [0.1, 0.15) is 29.0 Å². The van der Waals surface area contributed by atoms with Gasteiger partial charge in [-0.15, -0.1) is 0 Å². The van der Waals surface area contributed by atoms with E-state index < -0.39 is 13.2 Å². The van der Waals surface area contributed by atoms with Crippen LogP contribution < -0.4 is 21.2 Å². The van der Waals surface area contributed by atoms with E-state index in [-0.39, 0.29) is 18.2 Å². The Balaban J connectivity index is 1.97. The number of amides is 1. The number of benzene rings is 4. The number of carbonyl (C=O) groups is 2. The molecule has 1 amide bonds. The molecule has 0 aliphatic heterocycles. The van der Waals surface area contributed by atoms with E-state index in [0.29, 0.717) is 5.56 Å². The third kappa shape index (κ3) is 5.40. The lowest BCUT2D eigenvalue weighted by Gasteiger charge is -2.25. The van der Waals surface area contributed by atoms with Crippen LogP contribution in [0.1, 0.15) is 17.3 Å². The van der Waals surface area contributed by atoms with E-state index in [9.17, 15) is 9.59 Å². The van der Waals surface area contributed by atoms with Crippen molar-refractivity contribution in [1.29, 1.82) is 0 Å². The molecule has 0 aromatic heterocycles. The molecule has 0 saturated heterocycles. The summed E-state index contributed by atoms with van der Waals surface area (Å²) in [6.07, 6.45) is 0. The maximum absolute atomic E-state index is 13.2. The minimum Gasteiger partial charge on any atom is -0.461 e. The quantitative estimate of drug-likeness (QED) is 0.224. The number of hydrogen-bond acceptors (Lipinski definition) is 3. The van der Waals surface area contributed by atoms with Crippen LogP contribution in [0.2, 0.25) is 0 Å². The van der Waals surface area contributed by atoms with Gasteiger partial charge in [-0.05, 0) is 55.5 Å². The van der Waals surface area contributed by atoms with E-state index in [0.717, 1.165) is 15.9 Å². The first-order valence-corrected chi connectivity index (χ1v) is 13.3. The molecule has 0 bridgehead atoms. The van der Waals surface area contributed by atoms with Crippen molar-refractivity contribution in [1.82, 2.24) is 5.32 Å². The summed E-state index contributed by atoms with van der Waals surface area (Å²) in [6, 6.07) is 39.2. The fraction of sp³-hybridized carbons (Fsp3) is 0.0667. The van der Waals surface area contributed by atoms with Crippen LogP contribution in [0.3, 0.4) is 0 Å². The number of carbonyl (C=O) groups excluding carboxylic acids is 2. The maximum Gasteiger partial charge on any atom is 0.358 e. The Morgan fingerprint density at radius 1 is 0.686 bits per heavy atom. The van der Waals surface area contributed by atoms with Crippen molar-refractivity contribution in [2.24, 2.45) is 0 Å². The number of nitrogens with one attached hydrogen (secondary N) is 1. The molecule has 0 saturated carbocycles. The van der Waals surface area contributed by atoms with Crippen molar-refractivity contribution in [2.45, 2.75) is 6.92 Å². The molecule has 35 heavy (non-hydrogen) atoms. The molecule has 0 fully saturated rings. The summed E-state index contributed by atoms with van der Waals surface area (Å²) in [4.78, 5) is 26.3. The lowest BCUT2D eigenvalue weighted by molar-refractivity contribution is -0.138. The van der Waals surface area contributed by atoms with Crippen LogP contribution in [-0.4, -0.2) is 18.5 Å². The average molecular weight is 481 g/mol. The molecule has 0 radical (unpaired) electrons. The molecule has 0 atom stereocenters. The fourth-order valence-electron chi connectivity index (χ4n) is 3.98. The second-order valence-electron chi connectivity index (χ2n) is 7.81. The standard InChI is InChI=1S/C30H26NO3P/c1-2-34-30(33)28(31-29(32)24-15-7-3-8-16-24)23-35(25-17-9-4-10-18-25,26-19-11-5-12-20-26)27-21-13-6-14-22-27/h3-23H,2H2,1H3/p+1/b28-23+.